The third-order valence-corrected chi connectivity index (χ3v) is 3.70. The lowest BCUT2D eigenvalue weighted by Crippen LogP contribution is -2.34. The second-order valence-electron chi connectivity index (χ2n) is 5.59. The van der Waals surface area contributed by atoms with Crippen molar-refractivity contribution in [1.29, 1.82) is 0 Å². The van der Waals surface area contributed by atoms with E-state index in [0.717, 1.165) is 11.1 Å². The maximum absolute atomic E-state index is 12.1. The number of amides is 2. The fourth-order valence-corrected chi connectivity index (χ4v) is 2.41. The van der Waals surface area contributed by atoms with Crippen molar-refractivity contribution in [2.45, 2.75) is 13.8 Å². The molecule has 0 unspecified atom stereocenters. The van der Waals surface area contributed by atoms with Crippen molar-refractivity contribution in [2.75, 3.05) is 11.9 Å². The highest BCUT2D eigenvalue weighted by Crippen LogP contribution is 2.14. The molecule has 2 aromatic carbocycles. The molecule has 3 N–H and O–H groups in total. The minimum atomic E-state index is -0.349. The highest BCUT2D eigenvalue weighted by molar-refractivity contribution is 7.80. The van der Waals surface area contributed by atoms with E-state index in [1.807, 2.05) is 38.1 Å². The molecule has 0 radical (unpaired) electrons. The average Bonchev–Trinajstić information content (AvgIpc) is 2.62. The van der Waals surface area contributed by atoms with Crippen LogP contribution < -0.4 is 16.0 Å². The minimum Gasteiger partial charge on any atom is -0.352 e. The smallest absolute Gasteiger partial charge is 0.253 e. The zero-order valence-corrected chi connectivity index (χ0v) is 15.5. The number of hydrogen-bond acceptors (Lipinski definition) is 3. The molecular formula is C20H21N3O2S. The van der Waals surface area contributed by atoms with Crippen LogP contribution in [0.4, 0.5) is 5.69 Å². The maximum atomic E-state index is 12.1. The highest BCUT2D eigenvalue weighted by Gasteiger charge is 2.11. The van der Waals surface area contributed by atoms with E-state index in [0.29, 0.717) is 17.8 Å². The summed E-state index contributed by atoms with van der Waals surface area (Å²) in [5.41, 5.74) is 3.07. The zero-order valence-electron chi connectivity index (χ0n) is 14.7. The number of aryl methyl sites for hydroxylation is 1. The topological polar surface area (TPSA) is 70.2 Å². The Bertz CT molecular complexity index is 829. The van der Waals surface area contributed by atoms with Gasteiger partial charge < -0.3 is 10.6 Å². The quantitative estimate of drug-likeness (QED) is 0.560. The van der Waals surface area contributed by atoms with E-state index in [-0.39, 0.29) is 16.9 Å². The van der Waals surface area contributed by atoms with Crippen molar-refractivity contribution in [1.82, 2.24) is 10.6 Å². The number of rotatable bonds is 5. The first kappa shape index (κ1) is 19.3. The highest BCUT2D eigenvalue weighted by atomic mass is 32.1. The van der Waals surface area contributed by atoms with Gasteiger partial charge in [0.1, 0.15) is 0 Å². The first-order valence-electron chi connectivity index (χ1n) is 8.23. The Morgan fingerprint density at radius 3 is 2.46 bits per heavy atom. The third kappa shape index (κ3) is 5.82. The monoisotopic (exact) mass is 367 g/mol. The normalized spacial score (nSPS) is 10.4. The summed E-state index contributed by atoms with van der Waals surface area (Å²) >= 11 is 5.16. The van der Waals surface area contributed by atoms with Crippen molar-refractivity contribution >= 4 is 40.9 Å². The van der Waals surface area contributed by atoms with Gasteiger partial charge in [0.25, 0.3) is 5.91 Å². The molecule has 2 aromatic rings. The number of carbonyl (C=O) groups is 2. The fourth-order valence-electron chi connectivity index (χ4n) is 2.20. The van der Waals surface area contributed by atoms with E-state index in [2.05, 4.69) is 16.0 Å². The molecular weight excluding hydrogens is 346 g/mol. The molecule has 0 fully saturated rings. The van der Waals surface area contributed by atoms with Gasteiger partial charge in [0.05, 0.1) is 11.3 Å². The predicted octanol–water partition coefficient (Wildman–Crippen LogP) is 3.27. The van der Waals surface area contributed by atoms with E-state index >= 15 is 0 Å². The van der Waals surface area contributed by atoms with Crippen molar-refractivity contribution in [3.63, 3.8) is 0 Å². The Labute approximate surface area is 158 Å². The summed E-state index contributed by atoms with van der Waals surface area (Å²) in [5, 5.41) is 8.33. The third-order valence-electron chi connectivity index (χ3n) is 3.50. The van der Waals surface area contributed by atoms with E-state index in [9.17, 15) is 9.59 Å². The SMILES string of the molecule is CCNC(=O)c1ccccc1NC(=S)NC(=O)/C=C/c1ccc(C)cc1. The average molecular weight is 367 g/mol. The summed E-state index contributed by atoms with van der Waals surface area (Å²) in [6, 6.07) is 14.8. The standard InChI is InChI=1S/C20H21N3O2S/c1-3-21-19(25)16-6-4-5-7-17(16)22-20(26)23-18(24)13-12-15-10-8-14(2)9-11-15/h4-13H,3H2,1-2H3,(H,21,25)(H2,22,23,24,26)/b13-12+. The van der Waals surface area contributed by atoms with Gasteiger partial charge in [-0.2, -0.15) is 0 Å². The maximum Gasteiger partial charge on any atom is 0.253 e. The minimum absolute atomic E-state index is 0.125. The molecule has 0 spiro atoms. The van der Waals surface area contributed by atoms with Gasteiger partial charge >= 0.3 is 0 Å². The van der Waals surface area contributed by atoms with Gasteiger partial charge in [-0.25, -0.2) is 0 Å². The van der Waals surface area contributed by atoms with Crippen molar-refractivity contribution < 1.29 is 9.59 Å². The molecule has 2 rings (SSSR count). The largest absolute Gasteiger partial charge is 0.352 e. The Hall–Kier alpha value is -2.99. The summed E-state index contributed by atoms with van der Waals surface area (Å²) in [4.78, 5) is 24.1. The number of thiocarbonyl (C=S) groups is 1. The number of carbonyl (C=O) groups excluding carboxylic acids is 2. The fraction of sp³-hybridized carbons (Fsp3) is 0.150. The predicted molar refractivity (Wildman–Crippen MR) is 109 cm³/mol. The van der Waals surface area contributed by atoms with Gasteiger partial charge in [-0.15, -0.1) is 0 Å². The number of hydrogen-bond donors (Lipinski definition) is 3. The van der Waals surface area contributed by atoms with Crippen LogP contribution in [-0.2, 0) is 4.79 Å². The van der Waals surface area contributed by atoms with Crippen LogP contribution in [0.3, 0.4) is 0 Å². The lowest BCUT2D eigenvalue weighted by Gasteiger charge is -2.12. The van der Waals surface area contributed by atoms with E-state index < -0.39 is 0 Å². The van der Waals surface area contributed by atoms with Gasteiger partial charge in [0, 0.05) is 12.6 Å². The molecule has 0 bridgehead atoms. The molecule has 0 aliphatic heterocycles. The van der Waals surface area contributed by atoms with Gasteiger partial charge in [-0.1, -0.05) is 42.0 Å². The Balaban J connectivity index is 1.97. The number of nitrogens with one attached hydrogen (secondary N) is 3. The summed E-state index contributed by atoms with van der Waals surface area (Å²) in [5.74, 6) is -0.553. The molecule has 0 aliphatic carbocycles. The second kappa shape index (κ2) is 9.48. The first-order chi connectivity index (χ1) is 12.5. The van der Waals surface area contributed by atoms with Crippen molar-refractivity contribution in [3.8, 4) is 0 Å². The number of anilines is 1. The first-order valence-corrected chi connectivity index (χ1v) is 8.64. The second-order valence-corrected chi connectivity index (χ2v) is 6.00. The lowest BCUT2D eigenvalue weighted by molar-refractivity contribution is -0.115. The van der Waals surface area contributed by atoms with Gasteiger partial charge in [-0.05, 0) is 49.8 Å². The Kier molecular flexibility index (Phi) is 7.05. The molecule has 2 amide bonds. The van der Waals surface area contributed by atoms with Crippen LogP contribution in [0.2, 0.25) is 0 Å². The molecule has 0 saturated heterocycles. The molecule has 6 heteroatoms. The van der Waals surface area contributed by atoms with Gasteiger partial charge in [0.15, 0.2) is 5.11 Å². The van der Waals surface area contributed by atoms with Crippen molar-refractivity contribution in [2.24, 2.45) is 0 Å². The van der Waals surface area contributed by atoms with Crippen LogP contribution in [0.5, 0.6) is 0 Å². The van der Waals surface area contributed by atoms with E-state index in [1.165, 1.54) is 6.08 Å². The Morgan fingerprint density at radius 1 is 1.08 bits per heavy atom. The molecule has 5 nitrogen and oxygen atoms in total. The molecule has 0 aliphatic rings. The van der Waals surface area contributed by atoms with Crippen LogP contribution in [0.15, 0.2) is 54.6 Å². The van der Waals surface area contributed by atoms with E-state index in [1.54, 1.807) is 30.3 Å². The summed E-state index contributed by atoms with van der Waals surface area (Å²) in [7, 11) is 0. The van der Waals surface area contributed by atoms with Gasteiger partial charge in [-0.3, -0.25) is 14.9 Å². The summed E-state index contributed by atoms with van der Waals surface area (Å²) in [6.45, 7) is 4.38. The number of para-hydroxylation sites is 1. The number of benzene rings is 2. The summed E-state index contributed by atoms with van der Waals surface area (Å²) in [6.07, 6.45) is 3.12. The van der Waals surface area contributed by atoms with Crippen molar-refractivity contribution in [3.05, 3.63) is 71.3 Å². The molecule has 0 heterocycles. The lowest BCUT2D eigenvalue weighted by atomic mass is 10.1. The molecule has 0 aromatic heterocycles. The van der Waals surface area contributed by atoms with Crippen LogP contribution >= 0.6 is 12.2 Å². The molecule has 134 valence electrons. The Morgan fingerprint density at radius 2 is 1.77 bits per heavy atom. The summed E-state index contributed by atoms with van der Waals surface area (Å²) < 4.78 is 0. The van der Waals surface area contributed by atoms with Crippen LogP contribution in [-0.4, -0.2) is 23.5 Å². The zero-order chi connectivity index (χ0) is 18.9. The van der Waals surface area contributed by atoms with Crippen LogP contribution in [0, 0.1) is 6.92 Å². The van der Waals surface area contributed by atoms with Crippen LogP contribution in [0.1, 0.15) is 28.4 Å². The van der Waals surface area contributed by atoms with E-state index in [4.69, 9.17) is 12.2 Å². The van der Waals surface area contributed by atoms with Gasteiger partial charge in [0.2, 0.25) is 5.91 Å². The molecule has 0 saturated carbocycles. The van der Waals surface area contributed by atoms with Crippen LogP contribution in [0.25, 0.3) is 6.08 Å². The molecule has 26 heavy (non-hydrogen) atoms. The molecule has 0 atom stereocenters.